The van der Waals surface area contributed by atoms with Gasteiger partial charge in [0, 0.05) is 12.6 Å². The van der Waals surface area contributed by atoms with Gasteiger partial charge in [-0.15, -0.1) is 0 Å². The lowest BCUT2D eigenvalue weighted by Crippen LogP contribution is -2.28. The third-order valence-electron chi connectivity index (χ3n) is 2.43. The third kappa shape index (κ3) is 12.2. The zero-order valence-corrected chi connectivity index (χ0v) is 13.0. The molecule has 0 aromatic rings. The first-order valence-corrected chi connectivity index (χ1v) is 7.06. The van der Waals surface area contributed by atoms with Crippen molar-refractivity contribution in [3.8, 4) is 0 Å². The van der Waals surface area contributed by atoms with Crippen molar-refractivity contribution in [2.24, 2.45) is 0 Å². The number of aliphatic hydroxyl groups is 1. The minimum absolute atomic E-state index is 0.00333. The lowest BCUT2D eigenvalue weighted by atomic mass is 10.3. The summed E-state index contributed by atoms with van der Waals surface area (Å²) in [7, 11) is 0. The Morgan fingerprint density at radius 3 is 2.40 bits per heavy atom. The number of rotatable bonds is 12. The van der Waals surface area contributed by atoms with Crippen LogP contribution in [0.3, 0.4) is 0 Å². The Morgan fingerprint density at radius 2 is 1.80 bits per heavy atom. The summed E-state index contributed by atoms with van der Waals surface area (Å²) in [5.74, 6) is 0.0219. The van der Waals surface area contributed by atoms with Crippen LogP contribution in [0.4, 0.5) is 4.39 Å². The van der Waals surface area contributed by atoms with Crippen molar-refractivity contribution in [3.05, 3.63) is 11.5 Å². The van der Waals surface area contributed by atoms with Crippen molar-refractivity contribution >= 4 is 0 Å². The van der Waals surface area contributed by atoms with Gasteiger partial charge in [0.2, 0.25) is 0 Å². The SMILES string of the molecule is CC(C)=C(O)NCC(F)COCCOCCNC(C)C. The van der Waals surface area contributed by atoms with Crippen LogP contribution < -0.4 is 10.6 Å². The summed E-state index contributed by atoms with van der Waals surface area (Å²) in [5, 5.41) is 15.2. The zero-order valence-electron chi connectivity index (χ0n) is 13.0. The number of allylic oxidation sites excluding steroid dienone is 1. The summed E-state index contributed by atoms with van der Waals surface area (Å²) in [4.78, 5) is 0. The molecular weight excluding hydrogens is 263 g/mol. The van der Waals surface area contributed by atoms with Crippen molar-refractivity contribution in [1.29, 1.82) is 0 Å². The van der Waals surface area contributed by atoms with Crippen molar-refractivity contribution in [2.75, 3.05) is 39.5 Å². The van der Waals surface area contributed by atoms with Gasteiger partial charge in [0.15, 0.2) is 5.88 Å². The second kappa shape index (κ2) is 11.9. The molecule has 5 nitrogen and oxygen atoms in total. The van der Waals surface area contributed by atoms with Crippen LogP contribution in [0.1, 0.15) is 27.7 Å². The van der Waals surface area contributed by atoms with Gasteiger partial charge in [-0.25, -0.2) is 4.39 Å². The van der Waals surface area contributed by atoms with E-state index in [0.29, 0.717) is 25.9 Å². The van der Waals surface area contributed by atoms with Crippen molar-refractivity contribution in [1.82, 2.24) is 10.6 Å². The van der Waals surface area contributed by atoms with Crippen molar-refractivity contribution in [3.63, 3.8) is 0 Å². The third-order valence-corrected chi connectivity index (χ3v) is 2.43. The van der Waals surface area contributed by atoms with E-state index in [2.05, 4.69) is 24.5 Å². The molecule has 0 saturated heterocycles. The molecule has 120 valence electrons. The summed E-state index contributed by atoms with van der Waals surface area (Å²) in [6, 6.07) is 0.451. The highest BCUT2D eigenvalue weighted by Gasteiger charge is 2.07. The Balaban J connectivity index is 3.36. The monoisotopic (exact) mass is 292 g/mol. The molecule has 0 radical (unpaired) electrons. The number of hydrogen-bond acceptors (Lipinski definition) is 5. The first-order valence-electron chi connectivity index (χ1n) is 7.06. The van der Waals surface area contributed by atoms with Gasteiger partial charge >= 0.3 is 0 Å². The number of aliphatic hydroxyl groups excluding tert-OH is 1. The van der Waals surface area contributed by atoms with Gasteiger partial charge in [-0.05, 0) is 19.4 Å². The van der Waals surface area contributed by atoms with Crippen molar-refractivity contribution in [2.45, 2.75) is 39.9 Å². The van der Waals surface area contributed by atoms with E-state index in [1.165, 1.54) is 0 Å². The van der Waals surface area contributed by atoms with Crippen LogP contribution >= 0.6 is 0 Å². The second-order valence-electron chi connectivity index (χ2n) is 5.12. The largest absolute Gasteiger partial charge is 0.495 e. The van der Waals surface area contributed by atoms with Gasteiger partial charge in [0.1, 0.15) is 6.17 Å². The molecule has 0 aliphatic heterocycles. The summed E-state index contributed by atoms with van der Waals surface area (Å²) >= 11 is 0. The molecule has 0 aliphatic rings. The first kappa shape index (κ1) is 19.1. The lowest BCUT2D eigenvalue weighted by Gasteiger charge is -2.12. The summed E-state index contributed by atoms with van der Waals surface area (Å²) in [6.07, 6.45) is -1.15. The van der Waals surface area contributed by atoms with Crippen LogP contribution in [0.2, 0.25) is 0 Å². The van der Waals surface area contributed by atoms with E-state index in [9.17, 15) is 9.50 Å². The smallest absolute Gasteiger partial charge is 0.182 e. The average Bonchev–Trinajstić information content (AvgIpc) is 2.38. The molecule has 0 aromatic heterocycles. The van der Waals surface area contributed by atoms with E-state index in [-0.39, 0.29) is 19.0 Å². The number of nitrogens with one attached hydrogen (secondary N) is 2. The Morgan fingerprint density at radius 1 is 1.15 bits per heavy atom. The van der Waals surface area contributed by atoms with Crippen molar-refractivity contribution < 1.29 is 19.0 Å². The maximum Gasteiger partial charge on any atom is 0.182 e. The topological polar surface area (TPSA) is 62.8 Å². The number of hydrogen-bond donors (Lipinski definition) is 3. The summed E-state index contributed by atoms with van der Waals surface area (Å²) in [5.41, 5.74) is 0.724. The van der Waals surface area contributed by atoms with Gasteiger partial charge < -0.3 is 25.2 Å². The number of halogens is 1. The Labute approximate surface area is 121 Å². The molecule has 0 rings (SSSR count). The Bertz CT molecular complexity index is 269. The molecule has 0 amide bonds. The molecule has 0 aliphatic carbocycles. The minimum Gasteiger partial charge on any atom is -0.495 e. The van der Waals surface area contributed by atoms with Crippen LogP contribution in [-0.4, -0.2) is 56.8 Å². The van der Waals surface area contributed by atoms with Crippen LogP contribution in [0.5, 0.6) is 0 Å². The van der Waals surface area contributed by atoms with E-state index in [4.69, 9.17) is 9.47 Å². The zero-order chi connectivity index (χ0) is 15.4. The molecule has 0 aromatic carbocycles. The highest BCUT2D eigenvalue weighted by molar-refractivity contribution is 4.98. The molecule has 0 bridgehead atoms. The predicted octanol–water partition coefficient (Wildman–Crippen LogP) is 1.75. The maximum atomic E-state index is 13.4. The van der Waals surface area contributed by atoms with E-state index in [0.717, 1.165) is 12.1 Å². The standard InChI is InChI=1S/C14H29FN2O3/c1-11(2)14(18)17-9-13(15)10-20-8-7-19-6-5-16-12(3)4/h12-13,16-18H,5-10H2,1-4H3. The quantitative estimate of drug-likeness (QED) is 0.378. The molecule has 0 spiro atoms. The Kier molecular flexibility index (Phi) is 11.4. The van der Waals surface area contributed by atoms with Crippen LogP contribution in [0.15, 0.2) is 11.5 Å². The first-order chi connectivity index (χ1) is 9.43. The molecule has 3 N–H and O–H groups in total. The molecule has 6 heteroatoms. The molecule has 0 heterocycles. The molecular formula is C14H29FN2O3. The number of ether oxygens (including phenoxy) is 2. The van der Waals surface area contributed by atoms with Gasteiger partial charge in [-0.1, -0.05) is 13.8 Å². The van der Waals surface area contributed by atoms with Gasteiger partial charge in [0.25, 0.3) is 0 Å². The minimum atomic E-state index is -1.15. The molecule has 1 atom stereocenters. The molecule has 0 fully saturated rings. The predicted molar refractivity (Wildman–Crippen MR) is 78.7 cm³/mol. The highest BCUT2D eigenvalue weighted by Crippen LogP contribution is 1.97. The second-order valence-corrected chi connectivity index (χ2v) is 5.12. The Hall–Kier alpha value is -0.850. The van der Waals surface area contributed by atoms with Crippen LogP contribution in [0, 0.1) is 0 Å². The fourth-order valence-corrected chi connectivity index (χ4v) is 1.29. The summed E-state index contributed by atoms with van der Waals surface area (Å²) < 4.78 is 23.9. The molecule has 20 heavy (non-hydrogen) atoms. The van der Waals surface area contributed by atoms with Gasteiger partial charge in [0.05, 0.1) is 33.0 Å². The van der Waals surface area contributed by atoms with Crippen LogP contribution in [0.25, 0.3) is 0 Å². The molecule has 1 unspecified atom stereocenters. The molecule has 0 saturated carbocycles. The number of alkyl halides is 1. The van der Waals surface area contributed by atoms with Gasteiger partial charge in [-0.2, -0.15) is 0 Å². The fraction of sp³-hybridized carbons (Fsp3) is 0.857. The lowest BCUT2D eigenvalue weighted by molar-refractivity contribution is 0.0267. The van der Waals surface area contributed by atoms with Gasteiger partial charge in [-0.3, -0.25) is 0 Å². The van der Waals surface area contributed by atoms with E-state index in [1.54, 1.807) is 13.8 Å². The van der Waals surface area contributed by atoms with E-state index in [1.807, 2.05) is 0 Å². The normalized spacial score (nSPS) is 12.5. The summed E-state index contributed by atoms with van der Waals surface area (Å²) in [6.45, 7) is 9.93. The highest BCUT2D eigenvalue weighted by atomic mass is 19.1. The fourth-order valence-electron chi connectivity index (χ4n) is 1.29. The average molecular weight is 292 g/mol. The maximum absolute atomic E-state index is 13.4. The van der Waals surface area contributed by atoms with E-state index >= 15 is 0 Å². The van der Waals surface area contributed by atoms with E-state index < -0.39 is 6.17 Å². The van der Waals surface area contributed by atoms with Crippen LogP contribution in [-0.2, 0) is 9.47 Å².